The fourth-order valence-corrected chi connectivity index (χ4v) is 4.31. The molecule has 1 aromatic rings. The maximum Gasteiger partial charge on any atom is 0.317 e. The van der Waals surface area contributed by atoms with Crippen LogP contribution in [0.3, 0.4) is 0 Å². The number of imidazole rings is 1. The topological polar surface area (TPSA) is 53.4 Å². The molecule has 2 fully saturated rings. The van der Waals surface area contributed by atoms with Crippen LogP contribution in [0, 0.1) is 0 Å². The summed E-state index contributed by atoms with van der Waals surface area (Å²) in [5.74, 6) is 1.51. The Morgan fingerprint density at radius 2 is 2.04 bits per heavy atom. The molecule has 0 bridgehead atoms. The molecule has 1 saturated heterocycles. The highest BCUT2D eigenvalue weighted by molar-refractivity contribution is 5.74. The largest absolute Gasteiger partial charge is 0.335 e. The fourth-order valence-electron chi connectivity index (χ4n) is 4.31. The number of amides is 2. The number of carbonyl (C=O) groups excluding carboxylic acids is 1. The second-order valence-electron chi connectivity index (χ2n) is 8.21. The number of urea groups is 1. The van der Waals surface area contributed by atoms with Crippen LogP contribution in [0.5, 0.6) is 0 Å². The van der Waals surface area contributed by atoms with Gasteiger partial charge in [0.1, 0.15) is 5.82 Å². The van der Waals surface area contributed by atoms with Crippen LogP contribution in [0.1, 0.15) is 63.1 Å². The molecule has 0 aromatic carbocycles. The van der Waals surface area contributed by atoms with E-state index in [1.165, 1.54) is 19.3 Å². The van der Waals surface area contributed by atoms with Gasteiger partial charge in [-0.3, -0.25) is 0 Å². The van der Waals surface area contributed by atoms with Gasteiger partial charge in [0.25, 0.3) is 0 Å². The molecular weight excluding hydrogens is 326 g/mol. The first-order valence-corrected chi connectivity index (χ1v) is 10.3. The van der Waals surface area contributed by atoms with Crippen molar-refractivity contribution in [3.63, 3.8) is 0 Å². The Balaban J connectivity index is 1.54. The minimum atomic E-state index is 0.132. The summed E-state index contributed by atoms with van der Waals surface area (Å²) in [6.45, 7) is 3.75. The number of hydrogen-bond donors (Lipinski definition) is 1. The lowest BCUT2D eigenvalue weighted by molar-refractivity contribution is 0.171. The number of nitrogens with zero attached hydrogens (tertiary/aromatic N) is 4. The van der Waals surface area contributed by atoms with Crippen molar-refractivity contribution >= 4 is 6.03 Å². The van der Waals surface area contributed by atoms with Crippen molar-refractivity contribution in [2.75, 3.05) is 33.7 Å². The Bertz CT molecular complexity index is 564. The molecular formula is C20H35N5O. The van der Waals surface area contributed by atoms with Gasteiger partial charge >= 0.3 is 6.03 Å². The Morgan fingerprint density at radius 1 is 1.23 bits per heavy atom. The van der Waals surface area contributed by atoms with Crippen LogP contribution < -0.4 is 5.32 Å². The lowest BCUT2D eigenvalue weighted by atomic mass is 9.95. The van der Waals surface area contributed by atoms with Gasteiger partial charge in [-0.25, -0.2) is 9.78 Å². The van der Waals surface area contributed by atoms with Gasteiger partial charge in [-0.05, 0) is 52.7 Å². The quantitative estimate of drug-likeness (QED) is 0.847. The van der Waals surface area contributed by atoms with Crippen molar-refractivity contribution in [2.24, 2.45) is 0 Å². The Morgan fingerprint density at radius 3 is 2.81 bits per heavy atom. The van der Waals surface area contributed by atoms with Crippen LogP contribution in [0.4, 0.5) is 4.79 Å². The molecule has 2 heterocycles. The normalized spacial score (nSPS) is 22.0. The molecule has 0 radical (unpaired) electrons. The zero-order chi connectivity index (χ0) is 18.4. The molecule has 0 spiro atoms. The maximum atomic E-state index is 12.7. The molecule has 1 atom stereocenters. The van der Waals surface area contributed by atoms with Crippen molar-refractivity contribution in [3.8, 4) is 0 Å². The van der Waals surface area contributed by atoms with Crippen LogP contribution >= 0.6 is 0 Å². The SMILES string of the molecule is CN(C)CCCn1ccnc1[C@@H]1CCCN(C(=O)NC2CCCCC2)C1. The molecule has 6 heteroatoms. The van der Waals surface area contributed by atoms with Gasteiger partial charge in [-0.2, -0.15) is 0 Å². The highest BCUT2D eigenvalue weighted by Crippen LogP contribution is 2.26. The number of carbonyl (C=O) groups is 1. The van der Waals surface area contributed by atoms with Gasteiger partial charge in [0.15, 0.2) is 0 Å². The number of likely N-dealkylation sites (tertiary alicyclic amines) is 1. The average Bonchev–Trinajstić information content (AvgIpc) is 3.11. The molecule has 146 valence electrons. The van der Waals surface area contributed by atoms with Gasteiger partial charge in [-0.15, -0.1) is 0 Å². The van der Waals surface area contributed by atoms with Gasteiger partial charge in [0, 0.05) is 44.0 Å². The molecule has 6 nitrogen and oxygen atoms in total. The summed E-state index contributed by atoms with van der Waals surface area (Å²) < 4.78 is 2.29. The number of piperidine rings is 1. The maximum absolute atomic E-state index is 12.7. The third-order valence-corrected chi connectivity index (χ3v) is 5.76. The van der Waals surface area contributed by atoms with Gasteiger partial charge < -0.3 is 19.7 Å². The van der Waals surface area contributed by atoms with Crippen LogP contribution in [0.15, 0.2) is 12.4 Å². The summed E-state index contributed by atoms with van der Waals surface area (Å²) in [5, 5.41) is 3.27. The lowest BCUT2D eigenvalue weighted by Gasteiger charge is -2.34. The first-order chi connectivity index (χ1) is 12.6. The van der Waals surface area contributed by atoms with Gasteiger partial charge in [0.2, 0.25) is 0 Å². The Hall–Kier alpha value is -1.56. The van der Waals surface area contributed by atoms with Crippen LogP contribution in [0.2, 0.25) is 0 Å². The van der Waals surface area contributed by atoms with E-state index in [4.69, 9.17) is 0 Å². The smallest absolute Gasteiger partial charge is 0.317 e. The number of rotatable bonds is 6. The van der Waals surface area contributed by atoms with Crippen molar-refractivity contribution in [3.05, 3.63) is 18.2 Å². The van der Waals surface area contributed by atoms with E-state index in [0.717, 1.165) is 64.1 Å². The highest BCUT2D eigenvalue weighted by atomic mass is 16.2. The molecule has 0 unspecified atom stereocenters. The molecule has 1 aliphatic carbocycles. The predicted molar refractivity (Wildman–Crippen MR) is 104 cm³/mol. The monoisotopic (exact) mass is 361 g/mol. The van der Waals surface area contributed by atoms with Crippen molar-refractivity contribution in [1.82, 2.24) is 24.7 Å². The minimum absolute atomic E-state index is 0.132. The van der Waals surface area contributed by atoms with E-state index in [1.54, 1.807) is 0 Å². The summed E-state index contributed by atoms with van der Waals surface area (Å²) in [7, 11) is 4.22. The Kier molecular flexibility index (Phi) is 6.94. The van der Waals surface area contributed by atoms with Crippen molar-refractivity contribution in [1.29, 1.82) is 0 Å². The first-order valence-electron chi connectivity index (χ1n) is 10.3. The molecule has 1 aliphatic heterocycles. The van der Waals surface area contributed by atoms with E-state index < -0.39 is 0 Å². The Labute approximate surface area is 157 Å². The summed E-state index contributed by atoms with van der Waals surface area (Å²) in [6.07, 6.45) is 13.4. The zero-order valence-corrected chi connectivity index (χ0v) is 16.5. The molecule has 3 rings (SSSR count). The van der Waals surface area contributed by atoms with Gasteiger partial charge in [0.05, 0.1) is 0 Å². The molecule has 26 heavy (non-hydrogen) atoms. The van der Waals surface area contributed by atoms with E-state index in [-0.39, 0.29) is 6.03 Å². The second kappa shape index (κ2) is 9.40. The summed E-state index contributed by atoms with van der Waals surface area (Å²) in [5.41, 5.74) is 0. The van der Waals surface area contributed by atoms with Crippen LogP contribution in [-0.4, -0.2) is 65.2 Å². The molecule has 1 N–H and O–H groups in total. The molecule has 2 aliphatic rings. The van der Waals surface area contributed by atoms with E-state index >= 15 is 0 Å². The first kappa shape index (κ1) is 19.2. The van der Waals surface area contributed by atoms with Crippen molar-refractivity contribution < 1.29 is 4.79 Å². The molecule has 2 amide bonds. The average molecular weight is 362 g/mol. The number of aromatic nitrogens is 2. The third kappa shape index (κ3) is 5.22. The van der Waals surface area contributed by atoms with Crippen LogP contribution in [-0.2, 0) is 6.54 Å². The van der Waals surface area contributed by atoms with E-state index in [1.807, 2.05) is 11.1 Å². The fraction of sp³-hybridized carbons (Fsp3) is 0.800. The minimum Gasteiger partial charge on any atom is -0.335 e. The molecule has 1 aromatic heterocycles. The summed E-state index contributed by atoms with van der Waals surface area (Å²) >= 11 is 0. The predicted octanol–water partition coefficient (Wildman–Crippen LogP) is 3.06. The van der Waals surface area contributed by atoms with E-state index in [9.17, 15) is 4.79 Å². The third-order valence-electron chi connectivity index (χ3n) is 5.76. The summed E-state index contributed by atoms with van der Waals surface area (Å²) in [6, 6.07) is 0.511. The van der Waals surface area contributed by atoms with Gasteiger partial charge in [-0.1, -0.05) is 19.3 Å². The van der Waals surface area contributed by atoms with E-state index in [2.05, 4.69) is 40.1 Å². The number of aryl methyl sites for hydroxylation is 1. The second-order valence-corrected chi connectivity index (χ2v) is 8.21. The van der Waals surface area contributed by atoms with E-state index in [0.29, 0.717) is 12.0 Å². The standard InChI is InChI=1S/C20H35N5O/c1-23(2)12-7-14-24-15-11-21-19(24)17-8-6-13-25(16-17)20(26)22-18-9-4-3-5-10-18/h11,15,17-18H,3-10,12-14,16H2,1-2H3,(H,22,26)/t17-/m1/s1. The number of hydrogen-bond acceptors (Lipinski definition) is 3. The summed E-state index contributed by atoms with van der Waals surface area (Å²) in [4.78, 5) is 21.6. The highest BCUT2D eigenvalue weighted by Gasteiger charge is 2.28. The van der Waals surface area contributed by atoms with Crippen LogP contribution in [0.25, 0.3) is 0 Å². The zero-order valence-electron chi connectivity index (χ0n) is 16.5. The van der Waals surface area contributed by atoms with Crippen molar-refractivity contribution in [2.45, 2.75) is 69.9 Å². The lowest BCUT2D eigenvalue weighted by Crippen LogP contribution is -2.48. The number of nitrogens with one attached hydrogen (secondary N) is 1. The molecule has 1 saturated carbocycles.